The number of hydrogen-bond acceptors (Lipinski definition) is 5. The van der Waals surface area contributed by atoms with Gasteiger partial charge in [-0.1, -0.05) is 18.2 Å². The smallest absolute Gasteiger partial charge is 0.340 e. The molecule has 2 heterocycles. The standard InChI is InChI=1S/C21H22N2O4S/c1-2-26-21(25)18-9-3-4-10-19(18)22-20(24)15-23(13-16-7-5-11-27-16)14-17-8-6-12-28-17/h3-12H,2,13-15H2,1H3,(H,22,24)/p+1. The number of carbonyl (C=O) groups is 2. The lowest BCUT2D eigenvalue weighted by molar-refractivity contribution is -0.920. The lowest BCUT2D eigenvalue weighted by Gasteiger charge is -2.18. The first kappa shape index (κ1) is 19.9. The van der Waals surface area contributed by atoms with Crippen molar-refractivity contribution in [3.63, 3.8) is 0 Å². The number of amides is 1. The zero-order chi connectivity index (χ0) is 19.8. The fraction of sp³-hybridized carbons (Fsp3) is 0.238. The minimum Gasteiger partial charge on any atom is -0.463 e. The van der Waals surface area contributed by atoms with Gasteiger partial charge in [-0.15, -0.1) is 11.3 Å². The molecule has 7 heteroatoms. The monoisotopic (exact) mass is 399 g/mol. The minimum atomic E-state index is -0.447. The highest BCUT2D eigenvalue weighted by molar-refractivity contribution is 7.09. The summed E-state index contributed by atoms with van der Waals surface area (Å²) in [7, 11) is 0. The molecule has 1 unspecified atom stereocenters. The number of nitrogens with one attached hydrogen (secondary N) is 2. The molecule has 1 atom stereocenters. The summed E-state index contributed by atoms with van der Waals surface area (Å²) in [5.41, 5.74) is 0.808. The van der Waals surface area contributed by atoms with E-state index in [0.29, 0.717) is 24.3 Å². The highest BCUT2D eigenvalue weighted by atomic mass is 32.1. The summed E-state index contributed by atoms with van der Waals surface area (Å²) in [4.78, 5) is 27.0. The quantitative estimate of drug-likeness (QED) is 0.543. The van der Waals surface area contributed by atoms with Gasteiger partial charge in [0.15, 0.2) is 12.3 Å². The van der Waals surface area contributed by atoms with Crippen LogP contribution in [0.5, 0.6) is 0 Å². The Morgan fingerprint density at radius 1 is 1.11 bits per heavy atom. The van der Waals surface area contributed by atoms with E-state index < -0.39 is 5.97 Å². The SMILES string of the molecule is CCOC(=O)c1ccccc1NC(=O)C[NH+](Cc1ccco1)Cc1cccs1. The van der Waals surface area contributed by atoms with Gasteiger partial charge in [0.05, 0.1) is 29.0 Å². The van der Waals surface area contributed by atoms with Crippen LogP contribution in [0.2, 0.25) is 0 Å². The van der Waals surface area contributed by atoms with Crippen molar-refractivity contribution in [2.45, 2.75) is 20.0 Å². The van der Waals surface area contributed by atoms with Gasteiger partial charge in [0.2, 0.25) is 0 Å². The third-order valence-electron chi connectivity index (χ3n) is 4.12. The summed E-state index contributed by atoms with van der Waals surface area (Å²) in [6, 6.07) is 14.7. The molecule has 0 saturated heterocycles. The number of para-hydroxylation sites is 1. The fourth-order valence-electron chi connectivity index (χ4n) is 2.91. The maximum Gasteiger partial charge on any atom is 0.340 e. The highest BCUT2D eigenvalue weighted by Gasteiger charge is 2.20. The summed E-state index contributed by atoms with van der Waals surface area (Å²) < 4.78 is 10.5. The Hall–Kier alpha value is -2.90. The summed E-state index contributed by atoms with van der Waals surface area (Å²) in [5, 5.41) is 4.88. The topological polar surface area (TPSA) is 73.0 Å². The Balaban J connectivity index is 1.69. The van der Waals surface area contributed by atoms with Gasteiger partial charge in [-0.3, -0.25) is 4.79 Å². The van der Waals surface area contributed by atoms with Crippen LogP contribution < -0.4 is 10.2 Å². The number of benzene rings is 1. The van der Waals surface area contributed by atoms with Crippen LogP contribution in [-0.4, -0.2) is 25.0 Å². The maximum absolute atomic E-state index is 12.7. The molecule has 28 heavy (non-hydrogen) atoms. The zero-order valence-electron chi connectivity index (χ0n) is 15.6. The van der Waals surface area contributed by atoms with E-state index in [2.05, 4.69) is 11.4 Å². The van der Waals surface area contributed by atoms with E-state index in [9.17, 15) is 9.59 Å². The van der Waals surface area contributed by atoms with Crippen molar-refractivity contribution < 1.29 is 23.6 Å². The highest BCUT2D eigenvalue weighted by Crippen LogP contribution is 2.16. The van der Waals surface area contributed by atoms with Crippen molar-refractivity contribution in [2.75, 3.05) is 18.5 Å². The van der Waals surface area contributed by atoms with Gasteiger partial charge in [-0.05, 0) is 42.6 Å². The normalized spacial score (nSPS) is 11.8. The first-order chi connectivity index (χ1) is 13.7. The molecule has 0 fully saturated rings. The molecule has 0 aliphatic heterocycles. The van der Waals surface area contributed by atoms with E-state index in [1.165, 1.54) is 4.88 Å². The molecule has 3 aromatic rings. The first-order valence-electron chi connectivity index (χ1n) is 9.10. The Bertz CT molecular complexity index is 855. The number of anilines is 1. The lowest BCUT2D eigenvalue weighted by Crippen LogP contribution is -3.10. The molecule has 1 amide bonds. The third-order valence-corrected chi connectivity index (χ3v) is 4.99. The average molecular weight is 399 g/mol. The summed E-state index contributed by atoms with van der Waals surface area (Å²) in [6.45, 7) is 3.58. The van der Waals surface area contributed by atoms with Crippen molar-refractivity contribution in [1.82, 2.24) is 0 Å². The Kier molecular flexibility index (Phi) is 7.00. The van der Waals surface area contributed by atoms with Crippen molar-refractivity contribution >= 4 is 28.9 Å². The molecule has 0 radical (unpaired) electrons. The van der Waals surface area contributed by atoms with Gasteiger partial charge in [-0.2, -0.15) is 0 Å². The van der Waals surface area contributed by atoms with Gasteiger partial charge in [-0.25, -0.2) is 4.79 Å². The number of hydrogen-bond donors (Lipinski definition) is 2. The molecule has 2 N–H and O–H groups in total. The van der Waals surface area contributed by atoms with Crippen LogP contribution in [0.25, 0.3) is 0 Å². The van der Waals surface area contributed by atoms with Gasteiger partial charge in [0.1, 0.15) is 13.1 Å². The van der Waals surface area contributed by atoms with Crippen molar-refractivity contribution in [2.24, 2.45) is 0 Å². The second-order valence-corrected chi connectivity index (χ2v) is 7.29. The van der Waals surface area contributed by atoms with E-state index in [4.69, 9.17) is 9.15 Å². The molecule has 0 aliphatic rings. The molecule has 0 spiro atoms. The largest absolute Gasteiger partial charge is 0.463 e. The van der Waals surface area contributed by atoms with E-state index in [0.717, 1.165) is 10.7 Å². The number of esters is 1. The van der Waals surface area contributed by atoms with E-state index in [-0.39, 0.29) is 19.1 Å². The predicted molar refractivity (Wildman–Crippen MR) is 107 cm³/mol. The zero-order valence-corrected chi connectivity index (χ0v) is 16.5. The molecule has 2 aromatic heterocycles. The number of ether oxygens (including phenoxy) is 1. The van der Waals surface area contributed by atoms with Crippen LogP contribution in [0.4, 0.5) is 5.69 Å². The molecule has 1 aromatic carbocycles. The first-order valence-corrected chi connectivity index (χ1v) is 9.98. The number of carbonyl (C=O) groups excluding carboxylic acids is 2. The van der Waals surface area contributed by atoms with Crippen molar-refractivity contribution in [3.8, 4) is 0 Å². The van der Waals surface area contributed by atoms with Gasteiger partial charge < -0.3 is 19.4 Å². The van der Waals surface area contributed by atoms with Crippen LogP contribution in [0, 0.1) is 0 Å². The van der Waals surface area contributed by atoms with Crippen molar-refractivity contribution in [1.29, 1.82) is 0 Å². The second-order valence-electron chi connectivity index (χ2n) is 6.25. The van der Waals surface area contributed by atoms with Gasteiger partial charge in [0, 0.05) is 0 Å². The number of rotatable bonds is 9. The van der Waals surface area contributed by atoms with Crippen LogP contribution in [0.15, 0.2) is 64.6 Å². The fourth-order valence-corrected chi connectivity index (χ4v) is 3.68. The van der Waals surface area contributed by atoms with Gasteiger partial charge >= 0.3 is 5.97 Å². The molecule has 6 nitrogen and oxygen atoms in total. The molecular weight excluding hydrogens is 376 g/mol. The van der Waals surface area contributed by atoms with Crippen LogP contribution in [0.3, 0.4) is 0 Å². The number of thiophene rings is 1. The maximum atomic E-state index is 12.7. The second kappa shape index (κ2) is 9.87. The molecule has 0 aliphatic carbocycles. The Morgan fingerprint density at radius 2 is 1.96 bits per heavy atom. The summed E-state index contributed by atoms with van der Waals surface area (Å²) >= 11 is 1.66. The molecule has 0 saturated carbocycles. The number of quaternary nitrogens is 1. The summed E-state index contributed by atoms with van der Waals surface area (Å²) in [6.07, 6.45) is 1.63. The third kappa shape index (κ3) is 5.55. The van der Waals surface area contributed by atoms with Crippen LogP contribution in [0.1, 0.15) is 27.9 Å². The average Bonchev–Trinajstić information content (AvgIpc) is 3.36. The molecule has 0 bridgehead atoms. The van der Waals surface area contributed by atoms with Gasteiger partial charge in [0.25, 0.3) is 5.91 Å². The molecular formula is C21H23N2O4S+. The number of furan rings is 1. The lowest BCUT2D eigenvalue weighted by atomic mass is 10.2. The van der Waals surface area contributed by atoms with E-state index in [1.807, 2.05) is 23.6 Å². The Labute approximate surface area is 167 Å². The summed E-state index contributed by atoms with van der Waals surface area (Å²) in [5.74, 6) is 0.206. The predicted octanol–water partition coefficient (Wildman–Crippen LogP) is 2.74. The van der Waals surface area contributed by atoms with E-state index >= 15 is 0 Å². The van der Waals surface area contributed by atoms with Crippen LogP contribution in [-0.2, 0) is 22.6 Å². The van der Waals surface area contributed by atoms with E-state index in [1.54, 1.807) is 48.8 Å². The van der Waals surface area contributed by atoms with Crippen LogP contribution >= 0.6 is 11.3 Å². The molecule has 146 valence electrons. The van der Waals surface area contributed by atoms with Crippen molar-refractivity contribution in [3.05, 3.63) is 76.4 Å². The minimum absolute atomic E-state index is 0.171. The molecule has 3 rings (SSSR count). The Morgan fingerprint density at radius 3 is 2.68 bits per heavy atom.